The van der Waals surface area contributed by atoms with Gasteiger partial charge in [0.05, 0.1) is 5.92 Å². The molecule has 0 saturated heterocycles. The number of alkyl halides is 1. The van der Waals surface area contributed by atoms with E-state index in [1.165, 1.54) is 0 Å². The fraction of sp³-hybridized carbons (Fsp3) is 0.143. The number of carbonyl (C=O) groups is 1. The van der Waals surface area contributed by atoms with Crippen molar-refractivity contribution in [3.8, 4) is 0 Å². The first kappa shape index (κ1) is 11.2. The van der Waals surface area contributed by atoms with Gasteiger partial charge in [0.2, 0.25) is 0 Å². The highest BCUT2D eigenvalue weighted by Crippen LogP contribution is 2.44. The summed E-state index contributed by atoms with van der Waals surface area (Å²) in [6, 6.07) is 13.5. The number of nitrogens with zero attached hydrogens (tertiary/aromatic N) is 2. The summed E-state index contributed by atoms with van der Waals surface area (Å²) in [5.74, 6) is 0.427. The Morgan fingerprint density at radius 2 is 1.94 bits per heavy atom. The minimum absolute atomic E-state index is 0.337. The van der Waals surface area contributed by atoms with E-state index >= 15 is 0 Å². The average Bonchev–Trinajstić information content (AvgIpc) is 2.71. The number of halogens is 1. The van der Waals surface area contributed by atoms with Crippen molar-refractivity contribution in [2.45, 2.75) is 11.4 Å². The molecule has 0 N–H and O–H groups in total. The van der Waals surface area contributed by atoms with Crippen molar-refractivity contribution in [1.29, 1.82) is 0 Å². The summed E-state index contributed by atoms with van der Waals surface area (Å²) in [5, 5.41) is 0. The van der Waals surface area contributed by atoms with Crippen LogP contribution in [0.3, 0.4) is 0 Å². The molecule has 90 valence electrons. The summed E-state index contributed by atoms with van der Waals surface area (Å²) in [6.45, 7) is 0. The molecule has 0 spiro atoms. The fourth-order valence-electron chi connectivity index (χ4n) is 2.29. The van der Waals surface area contributed by atoms with Gasteiger partial charge in [-0.2, -0.15) is 0 Å². The van der Waals surface area contributed by atoms with E-state index in [1.54, 1.807) is 6.20 Å². The molecule has 1 aromatic carbocycles. The SMILES string of the molecule is O=CC1c2cccnc2N(c2ccccc2)C1Cl. The van der Waals surface area contributed by atoms with Crippen molar-refractivity contribution in [2.24, 2.45) is 0 Å². The van der Waals surface area contributed by atoms with Crippen LogP contribution in [0.5, 0.6) is 0 Å². The molecule has 1 aliphatic rings. The minimum Gasteiger partial charge on any atom is -0.308 e. The van der Waals surface area contributed by atoms with E-state index in [1.807, 2.05) is 47.4 Å². The van der Waals surface area contributed by atoms with Gasteiger partial charge in [0.1, 0.15) is 17.6 Å². The topological polar surface area (TPSA) is 33.2 Å². The molecule has 2 unspecified atom stereocenters. The van der Waals surface area contributed by atoms with Crippen LogP contribution in [0.1, 0.15) is 11.5 Å². The molecule has 3 rings (SSSR count). The highest BCUT2D eigenvalue weighted by molar-refractivity contribution is 6.25. The lowest BCUT2D eigenvalue weighted by molar-refractivity contribution is -0.108. The van der Waals surface area contributed by atoms with Crippen LogP contribution in [0.4, 0.5) is 11.5 Å². The first-order chi connectivity index (χ1) is 8.83. The zero-order valence-corrected chi connectivity index (χ0v) is 10.3. The molecule has 1 aromatic heterocycles. The molecule has 18 heavy (non-hydrogen) atoms. The highest BCUT2D eigenvalue weighted by Gasteiger charge is 2.38. The summed E-state index contributed by atoms with van der Waals surface area (Å²) in [5.41, 5.74) is 1.41. The maximum absolute atomic E-state index is 11.2. The molecule has 2 heterocycles. The second-order valence-electron chi connectivity index (χ2n) is 4.16. The number of hydrogen-bond donors (Lipinski definition) is 0. The summed E-state index contributed by atoms with van der Waals surface area (Å²) >= 11 is 6.40. The van der Waals surface area contributed by atoms with Crippen LogP contribution in [-0.2, 0) is 4.79 Å². The van der Waals surface area contributed by atoms with Gasteiger partial charge in [0, 0.05) is 17.4 Å². The zero-order valence-electron chi connectivity index (χ0n) is 9.53. The molecular weight excluding hydrogens is 248 g/mol. The van der Waals surface area contributed by atoms with Crippen molar-refractivity contribution < 1.29 is 4.79 Å². The van der Waals surface area contributed by atoms with Crippen LogP contribution in [0.2, 0.25) is 0 Å². The Morgan fingerprint density at radius 1 is 1.17 bits per heavy atom. The summed E-state index contributed by atoms with van der Waals surface area (Å²) in [7, 11) is 0. The molecular formula is C14H11ClN2O. The van der Waals surface area contributed by atoms with Crippen LogP contribution in [0.25, 0.3) is 0 Å². The lowest BCUT2D eigenvalue weighted by Crippen LogP contribution is -2.25. The Labute approximate surface area is 110 Å². The molecule has 0 fully saturated rings. The molecule has 0 radical (unpaired) electrons. The summed E-state index contributed by atoms with van der Waals surface area (Å²) in [4.78, 5) is 17.5. The summed E-state index contributed by atoms with van der Waals surface area (Å²) in [6.07, 6.45) is 2.60. The average molecular weight is 259 g/mol. The van der Waals surface area contributed by atoms with Crippen molar-refractivity contribution in [1.82, 2.24) is 4.98 Å². The van der Waals surface area contributed by atoms with E-state index in [0.29, 0.717) is 0 Å². The van der Waals surface area contributed by atoms with Crippen LogP contribution in [-0.4, -0.2) is 16.8 Å². The maximum atomic E-state index is 11.2. The van der Waals surface area contributed by atoms with E-state index < -0.39 is 5.50 Å². The predicted octanol–water partition coefficient (Wildman–Crippen LogP) is 3.08. The van der Waals surface area contributed by atoms with Crippen LogP contribution in [0, 0.1) is 0 Å². The smallest absolute Gasteiger partial charge is 0.138 e. The number of carbonyl (C=O) groups excluding carboxylic acids is 1. The number of para-hydroxylation sites is 1. The van der Waals surface area contributed by atoms with Crippen LogP contribution >= 0.6 is 11.6 Å². The fourth-order valence-corrected chi connectivity index (χ4v) is 2.69. The molecule has 4 heteroatoms. The van der Waals surface area contributed by atoms with Gasteiger partial charge < -0.3 is 9.69 Å². The third kappa shape index (κ3) is 1.59. The number of pyridine rings is 1. The number of fused-ring (bicyclic) bond motifs is 1. The number of anilines is 2. The number of hydrogen-bond acceptors (Lipinski definition) is 3. The van der Waals surface area contributed by atoms with E-state index in [-0.39, 0.29) is 5.92 Å². The van der Waals surface area contributed by atoms with E-state index in [9.17, 15) is 4.79 Å². The van der Waals surface area contributed by atoms with Crippen LogP contribution in [0.15, 0.2) is 48.7 Å². The molecule has 2 aromatic rings. The normalized spacial score (nSPS) is 21.7. The first-order valence-corrected chi connectivity index (χ1v) is 6.15. The van der Waals surface area contributed by atoms with Gasteiger partial charge in [0.15, 0.2) is 0 Å². The number of rotatable bonds is 2. The van der Waals surface area contributed by atoms with Gasteiger partial charge in [-0.3, -0.25) is 0 Å². The van der Waals surface area contributed by atoms with Gasteiger partial charge in [-0.05, 0) is 18.2 Å². The van der Waals surface area contributed by atoms with Crippen molar-refractivity contribution >= 4 is 29.4 Å². The van der Waals surface area contributed by atoms with Gasteiger partial charge in [-0.25, -0.2) is 4.98 Å². The molecule has 0 aliphatic carbocycles. The first-order valence-electron chi connectivity index (χ1n) is 5.71. The monoisotopic (exact) mass is 258 g/mol. The van der Waals surface area contributed by atoms with Gasteiger partial charge in [0.25, 0.3) is 0 Å². The van der Waals surface area contributed by atoms with Crippen LogP contribution < -0.4 is 4.90 Å². The minimum atomic E-state index is -0.421. The molecule has 3 nitrogen and oxygen atoms in total. The number of aromatic nitrogens is 1. The Kier molecular flexibility index (Phi) is 2.76. The Balaban J connectivity index is 2.14. The lowest BCUT2D eigenvalue weighted by atomic mass is 10.1. The molecule has 0 bridgehead atoms. The Bertz CT molecular complexity index is 573. The Hall–Kier alpha value is -1.87. The molecule has 0 amide bonds. The predicted molar refractivity (Wildman–Crippen MR) is 71.3 cm³/mol. The highest BCUT2D eigenvalue weighted by atomic mass is 35.5. The van der Waals surface area contributed by atoms with E-state index in [0.717, 1.165) is 23.4 Å². The standard InChI is InChI=1S/C14H11ClN2O/c15-13-12(9-18)11-7-4-8-16-14(11)17(13)10-5-2-1-3-6-10/h1-9,12-13H. The van der Waals surface area contributed by atoms with Gasteiger partial charge in [-0.1, -0.05) is 35.9 Å². The lowest BCUT2D eigenvalue weighted by Gasteiger charge is -2.23. The third-order valence-electron chi connectivity index (χ3n) is 3.13. The van der Waals surface area contributed by atoms with Crippen molar-refractivity contribution in [3.05, 3.63) is 54.2 Å². The summed E-state index contributed by atoms with van der Waals surface area (Å²) < 4.78 is 0. The molecule has 0 saturated carbocycles. The molecule has 1 aliphatic heterocycles. The zero-order chi connectivity index (χ0) is 12.5. The quantitative estimate of drug-likeness (QED) is 0.472. The maximum Gasteiger partial charge on any atom is 0.138 e. The number of benzene rings is 1. The number of aldehydes is 1. The van der Waals surface area contributed by atoms with E-state index in [4.69, 9.17) is 11.6 Å². The third-order valence-corrected chi connectivity index (χ3v) is 3.59. The second kappa shape index (κ2) is 4.42. The van der Waals surface area contributed by atoms with Crippen molar-refractivity contribution in [2.75, 3.05) is 4.90 Å². The van der Waals surface area contributed by atoms with Gasteiger partial charge >= 0.3 is 0 Å². The molecule has 2 atom stereocenters. The largest absolute Gasteiger partial charge is 0.308 e. The van der Waals surface area contributed by atoms with Crippen molar-refractivity contribution in [3.63, 3.8) is 0 Å². The second-order valence-corrected chi connectivity index (χ2v) is 4.60. The Morgan fingerprint density at radius 3 is 2.67 bits per heavy atom. The van der Waals surface area contributed by atoms with Gasteiger partial charge in [-0.15, -0.1) is 0 Å². The van der Waals surface area contributed by atoms with E-state index in [2.05, 4.69) is 4.98 Å².